The Balaban J connectivity index is 2.13. The second kappa shape index (κ2) is 14.7. The van der Waals surface area contributed by atoms with Crippen LogP contribution in [0.25, 0.3) is 0 Å². The van der Waals surface area contributed by atoms with Crippen molar-refractivity contribution in [1.82, 2.24) is 0 Å². The Kier molecular flexibility index (Phi) is 13.5. The van der Waals surface area contributed by atoms with Gasteiger partial charge in [-0.25, -0.2) is 0 Å². The van der Waals surface area contributed by atoms with Crippen LogP contribution in [0.4, 0.5) is 0 Å². The molecule has 0 fully saturated rings. The summed E-state index contributed by atoms with van der Waals surface area (Å²) in [6.45, 7) is 11.3. The summed E-state index contributed by atoms with van der Waals surface area (Å²) < 4.78 is 0. The SMILES string of the molecule is CCCCCCCCCCCCSC(C)CC(=O)C1C(C)C=CCC1(C)CC. The van der Waals surface area contributed by atoms with Crippen LogP contribution in [0.1, 0.15) is 118 Å². The van der Waals surface area contributed by atoms with Gasteiger partial charge in [0.2, 0.25) is 0 Å². The Hall–Kier alpha value is -0.240. The van der Waals surface area contributed by atoms with Crippen molar-refractivity contribution in [3.05, 3.63) is 12.2 Å². The lowest BCUT2D eigenvalue weighted by Crippen LogP contribution is -2.39. The van der Waals surface area contributed by atoms with Crippen LogP contribution >= 0.6 is 11.8 Å². The van der Waals surface area contributed by atoms with Crippen LogP contribution in [-0.4, -0.2) is 16.8 Å². The number of carbonyl (C=O) groups excluding carboxylic acids is 1. The van der Waals surface area contributed by atoms with Crippen molar-refractivity contribution in [1.29, 1.82) is 0 Å². The van der Waals surface area contributed by atoms with Crippen LogP contribution in [0.5, 0.6) is 0 Å². The monoisotopic (exact) mass is 408 g/mol. The van der Waals surface area contributed by atoms with Gasteiger partial charge in [0.25, 0.3) is 0 Å². The molecule has 1 aliphatic carbocycles. The quantitative estimate of drug-likeness (QED) is 0.188. The number of thioether (sulfide) groups is 1. The van der Waals surface area contributed by atoms with Gasteiger partial charge in [0.1, 0.15) is 5.78 Å². The predicted octanol–water partition coefficient (Wildman–Crippen LogP) is 8.62. The van der Waals surface area contributed by atoms with Gasteiger partial charge in [-0.3, -0.25) is 4.79 Å². The lowest BCUT2D eigenvalue weighted by Gasteiger charge is -2.41. The molecule has 164 valence electrons. The molecule has 1 nitrogen and oxygen atoms in total. The fourth-order valence-corrected chi connectivity index (χ4v) is 5.87. The average molecular weight is 409 g/mol. The Morgan fingerprint density at radius 3 is 2.18 bits per heavy atom. The number of rotatable bonds is 16. The summed E-state index contributed by atoms with van der Waals surface area (Å²) in [4.78, 5) is 13.0. The van der Waals surface area contributed by atoms with Gasteiger partial charge in [0.05, 0.1) is 0 Å². The third-order valence-corrected chi connectivity index (χ3v) is 8.10. The summed E-state index contributed by atoms with van der Waals surface area (Å²) in [5, 5.41) is 0.463. The zero-order valence-electron chi connectivity index (χ0n) is 19.6. The molecule has 0 N–H and O–H groups in total. The predicted molar refractivity (Wildman–Crippen MR) is 128 cm³/mol. The highest BCUT2D eigenvalue weighted by Crippen LogP contribution is 2.44. The first-order valence-corrected chi connectivity index (χ1v) is 13.3. The molecule has 0 aliphatic heterocycles. The summed E-state index contributed by atoms with van der Waals surface area (Å²) in [5.74, 6) is 2.33. The van der Waals surface area contributed by atoms with Gasteiger partial charge >= 0.3 is 0 Å². The minimum atomic E-state index is 0.159. The first kappa shape index (κ1) is 25.8. The maximum absolute atomic E-state index is 13.0. The van der Waals surface area contributed by atoms with Crippen LogP contribution in [0.15, 0.2) is 12.2 Å². The molecule has 0 saturated carbocycles. The minimum absolute atomic E-state index is 0.159. The van der Waals surface area contributed by atoms with Crippen LogP contribution in [0, 0.1) is 17.3 Å². The second-order valence-corrected chi connectivity index (χ2v) is 11.1. The average Bonchev–Trinajstić information content (AvgIpc) is 2.66. The van der Waals surface area contributed by atoms with E-state index in [0.29, 0.717) is 17.0 Å². The number of carbonyl (C=O) groups is 1. The highest BCUT2D eigenvalue weighted by molar-refractivity contribution is 7.99. The second-order valence-electron chi connectivity index (χ2n) is 9.51. The molecule has 2 heteroatoms. The smallest absolute Gasteiger partial charge is 0.138 e. The lowest BCUT2D eigenvalue weighted by atomic mass is 9.62. The highest BCUT2D eigenvalue weighted by atomic mass is 32.2. The van der Waals surface area contributed by atoms with Gasteiger partial charge in [-0.2, -0.15) is 11.8 Å². The molecular weight excluding hydrogens is 360 g/mol. The maximum Gasteiger partial charge on any atom is 0.138 e. The number of Topliss-reactive ketones (excluding diaryl/α,β-unsaturated/α-hetero) is 1. The van der Waals surface area contributed by atoms with E-state index in [9.17, 15) is 4.79 Å². The molecule has 0 amide bonds. The van der Waals surface area contributed by atoms with E-state index in [1.54, 1.807) is 0 Å². The molecule has 1 aliphatic rings. The minimum Gasteiger partial charge on any atom is -0.299 e. The van der Waals surface area contributed by atoms with Crippen molar-refractivity contribution in [2.45, 2.75) is 123 Å². The number of hydrogen-bond acceptors (Lipinski definition) is 2. The molecule has 0 aromatic rings. The zero-order valence-corrected chi connectivity index (χ0v) is 20.4. The van der Waals surface area contributed by atoms with E-state index < -0.39 is 0 Å². The Bertz CT molecular complexity index is 444. The van der Waals surface area contributed by atoms with E-state index in [4.69, 9.17) is 0 Å². The van der Waals surface area contributed by atoms with E-state index in [2.05, 4.69) is 46.8 Å². The van der Waals surface area contributed by atoms with E-state index >= 15 is 0 Å². The van der Waals surface area contributed by atoms with Crippen molar-refractivity contribution in [2.75, 3.05) is 5.75 Å². The first-order valence-electron chi connectivity index (χ1n) is 12.3. The van der Waals surface area contributed by atoms with Gasteiger partial charge in [-0.1, -0.05) is 105 Å². The molecule has 4 atom stereocenters. The molecule has 0 spiro atoms. The van der Waals surface area contributed by atoms with Crippen LogP contribution < -0.4 is 0 Å². The van der Waals surface area contributed by atoms with Crippen LogP contribution in [-0.2, 0) is 4.79 Å². The van der Waals surface area contributed by atoms with Crippen molar-refractivity contribution in [3.8, 4) is 0 Å². The molecule has 4 unspecified atom stereocenters. The van der Waals surface area contributed by atoms with Gasteiger partial charge in [-0.15, -0.1) is 0 Å². The molecule has 0 heterocycles. The number of unbranched alkanes of at least 4 members (excludes halogenated alkanes) is 9. The fourth-order valence-electron chi connectivity index (χ4n) is 4.81. The largest absolute Gasteiger partial charge is 0.299 e. The Labute approximate surface area is 180 Å². The van der Waals surface area contributed by atoms with Gasteiger partial charge < -0.3 is 0 Å². The van der Waals surface area contributed by atoms with Crippen molar-refractivity contribution >= 4 is 17.5 Å². The maximum atomic E-state index is 13.0. The van der Waals surface area contributed by atoms with Gasteiger partial charge in [-0.05, 0) is 36.3 Å². The molecule has 0 saturated heterocycles. The standard InChI is InChI=1S/C26H48OS/c1-6-8-9-10-11-12-13-14-15-16-20-28-23(4)21-24(27)25-22(3)18-17-19-26(25,5)7-2/h17-18,22-23,25H,6-16,19-21H2,1-5H3. The summed E-state index contributed by atoms with van der Waals surface area (Å²) in [6, 6.07) is 0. The van der Waals surface area contributed by atoms with Crippen molar-refractivity contribution < 1.29 is 4.79 Å². The topological polar surface area (TPSA) is 17.1 Å². The van der Waals surface area contributed by atoms with Gasteiger partial charge in [0, 0.05) is 17.6 Å². The number of allylic oxidation sites excluding steroid dienone is 2. The van der Waals surface area contributed by atoms with E-state index in [1.165, 1.54) is 70.0 Å². The molecule has 1 rings (SSSR count). The lowest BCUT2D eigenvalue weighted by molar-refractivity contribution is -0.128. The third kappa shape index (κ3) is 9.51. The summed E-state index contributed by atoms with van der Waals surface area (Å²) in [5.41, 5.74) is 0.159. The van der Waals surface area contributed by atoms with Crippen LogP contribution in [0.2, 0.25) is 0 Å². The molecule has 0 bridgehead atoms. The summed E-state index contributed by atoms with van der Waals surface area (Å²) >= 11 is 2.02. The van der Waals surface area contributed by atoms with E-state index in [-0.39, 0.29) is 11.3 Å². The highest BCUT2D eigenvalue weighted by Gasteiger charge is 2.41. The Morgan fingerprint density at radius 1 is 1.04 bits per heavy atom. The van der Waals surface area contributed by atoms with E-state index in [1.807, 2.05) is 11.8 Å². The Morgan fingerprint density at radius 2 is 1.61 bits per heavy atom. The molecular formula is C26H48OS. The summed E-state index contributed by atoms with van der Waals surface area (Å²) in [7, 11) is 0. The number of ketones is 1. The summed E-state index contributed by atoms with van der Waals surface area (Å²) in [6.07, 6.45) is 21.4. The van der Waals surface area contributed by atoms with E-state index in [0.717, 1.165) is 19.3 Å². The fraction of sp³-hybridized carbons (Fsp3) is 0.885. The van der Waals surface area contributed by atoms with Crippen LogP contribution in [0.3, 0.4) is 0 Å². The van der Waals surface area contributed by atoms with Crippen molar-refractivity contribution in [2.24, 2.45) is 17.3 Å². The molecule has 0 radical (unpaired) electrons. The normalized spacial score (nSPS) is 25.8. The molecule has 28 heavy (non-hydrogen) atoms. The third-order valence-electron chi connectivity index (χ3n) is 6.84. The molecule has 0 aromatic heterocycles. The first-order chi connectivity index (χ1) is 13.4. The zero-order chi connectivity index (χ0) is 20.8. The molecule has 0 aromatic carbocycles. The van der Waals surface area contributed by atoms with Crippen molar-refractivity contribution in [3.63, 3.8) is 0 Å². The number of hydrogen-bond donors (Lipinski definition) is 0. The van der Waals surface area contributed by atoms with Gasteiger partial charge in [0.15, 0.2) is 0 Å².